The third kappa shape index (κ3) is 4.32. The molecule has 0 radical (unpaired) electrons. The van der Waals surface area contributed by atoms with Gasteiger partial charge in [-0.05, 0) is 53.4 Å². The fourth-order valence-corrected chi connectivity index (χ4v) is 5.20. The Hall–Kier alpha value is -4.56. The van der Waals surface area contributed by atoms with E-state index >= 15 is 0 Å². The van der Waals surface area contributed by atoms with Gasteiger partial charge in [-0.15, -0.1) is 11.3 Å². The van der Waals surface area contributed by atoms with E-state index in [1.54, 1.807) is 36.4 Å². The molecule has 3 aromatic carbocycles. The van der Waals surface area contributed by atoms with Crippen molar-refractivity contribution < 1.29 is 18.8 Å². The van der Waals surface area contributed by atoms with Crippen LogP contribution < -0.4 is 4.90 Å². The summed E-state index contributed by atoms with van der Waals surface area (Å²) in [7, 11) is 0. The van der Waals surface area contributed by atoms with Gasteiger partial charge in [0, 0.05) is 12.1 Å². The molecule has 3 heterocycles. The number of hydrogen-bond donors (Lipinski definition) is 0. The van der Waals surface area contributed by atoms with Crippen molar-refractivity contribution in [2.24, 2.45) is 0 Å². The lowest BCUT2D eigenvalue weighted by atomic mass is 10.1. The molecule has 1 fully saturated rings. The first-order valence-corrected chi connectivity index (χ1v) is 12.7. The first-order chi connectivity index (χ1) is 18.1. The fraction of sp³-hybridized carbons (Fsp3) is 0.103. The van der Waals surface area contributed by atoms with Crippen molar-refractivity contribution in [1.82, 2.24) is 9.88 Å². The van der Waals surface area contributed by atoms with Crippen LogP contribution in [0.3, 0.4) is 0 Å². The van der Waals surface area contributed by atoms with Crippen LogP contribution >= 0.6 is 11.3 Å². The number of aromatic nitrogens is 1. The number of nitrogens with zero attached hydrogens (tertiary/aromatic N) is 3. The Morgan fingerprint density at radius 3 is 2.43 bits per heavy atom. The van der Waals surface area contributed by atoms with Crippen LogP contribution in [0.4, 0.5) is 5.69 Å². The van der Waals surface area contributed by atoms with E-state index in [4.69, 9.17) is 4.42 Å². The molecule has 3 amide bonds. The second-order valence-electron chi connectivity index (χ2n) is 8.72. The molecule has 0 saturated carbocycles. The van der Waals surface area contributed by atoms with E-state index in [0.717, 1.165) is 16.6 Å². The normalized spacial score (nSPS) is 15.5. The lowest BCUT2D eigenvalue weighted by molar-refractivity contribution is -0.122. The maximum atomic E-state index is 13.6. The van der Waals surface area contributed by atoms with Gasteiger partial charge in [0.2, 0.25) is 11.8 Å². The monoisotopic (exact) mass is 507 g/mol. The molecular formula is C29H21N3O4S. The summed E-state index contributed by atoms with van der Waals surface area (Å²) in [5, 5.41) is 1.82. The number of thiophene rings is 1. The Morgan fingerprint density at radius 2 is 1.70 bits per heavy atom. The summed E-state index contributed by atoms with van der Waals surface area (Å²) in [6.45, 7) is 0.228. The number of fused-ring (bicyclic) bond motifs is 1. The van der Waals surface area contributed by atoms with Gasteiger partial charge in [-0.2, -0.15) is 0 Å². The van der Waals surface area contributed by atoms with E-state index < -0.39 is 11.9 Å². The molecular weight excluding hydrogens is 486 g/mol. The summed E-state index contributed by atoms with van der Waals surface area (Å²) in [6.07, 6.45) is -0.0737. The summed E-state index contributed by atoms with van der Waals surface area (Å²) in [5.74, 6) is -0.569. The van der Waals surface area contributed by atoms with Crippen LogP contribution in [0.5, 0.6) is 0 Å². The first-order valence-electron chi connectivity index (χ1n) is 11.8. The summed E-state index contributed by atoms with van der Waals surface area (Å²) in [4.78, 5) is 47.8. The molecule has 2 aromatic heterocycles. The minimum Gasteiger partial charge on any atom is -0.436 e. The minimum atomic E-state index is -0.890. The van der Waals surface area contributed by atoms with Crippen LogP contribution in [0, 0.1) is 0 Å². The lowest BCUT2D eigenvalue weighted by Gasteiger charge is -2.27. The predicted octanol–water partition coefficient (Wildman–Crippen LogP) is 5.53. The fourth-order valence-electron chi connectivity index (χ4n) is 4.52. The van der Waals surface area contributed by atoms with Crippen LogP contribution in [0.15, 0.2) is 101 Å². The molecule has 5 aromatic rings. The molecule has 1 aliphatic rings. The molecule has 37 heavy (non-hydrogen) atoms. The zero-order valence-corrected chi connectivity index (χ0v) is 20.4. The number of imide groups is 1. The molecule has 1 unspecified atom stereocenters. The molecule has 0 spiro atoms. The van der Waals surface area contributed by atoms with Gasteiger partial charge in [-0.3, -0.25) is 14.4 Å². The van der Waals surface area contributed by atoms with Crippen molar-refractivity contribution in [3.05, 3.63) is 107 Å². The second-order valence-corrected chi connectivity index (χ2v) is 9.66. The van der Waals surface area contributed by atoms with E-state index in [9.17, 15) is 14.4 Å². The van der Waals surface area contributed by atoms with Crippen molar-refractivity contribution in [3.63, 3.8) is 0 Å². The van der Waals surface area contributed by atoms with Gasteiger partial charge in [0.1, 0.15) is 11.6 Å². The number of benzene rings is 3. The van der Waals surface area contributed by atoms with Crippen LogP contribution in [-0.4, -0.2) is 33.6 Å². The molecule has 7 nitrogen and oxygen atoms in total. The highest BCUT2D eigenvalue weighted by Crippen LogP contribution is 2.31. The third-order valence-electron chi connectivity index (χ3n) is 6.35. The van der Waals surface area contributed by atoms with Gasteiger partial charge in [0.15, 0.2) is 5.58 Å². The van der Waals surface area contributed by atoms with Crippen molar-refractivity contribution in [3.8, 4) is 11.5 Å². The molecule has 1 atom stereocenters. The van der Waals surface area contributed by atoms with E-state index in [1.807, 2.05) is 60.0 Å². The number of rotatable bonds is 6. The molecule has 6 rings (SSSR count). The molecule has 0 N–H and O–H groups in total. The van der Waals surface area contributed by atoms with E-state index in [2.05, 4.69) is 4.98 Å². The van der Waals surface area contributed by atoms with Crippen LogP contribution in [0.2, 0.25) is 0 Å². The van der Waals surface area contributed by atoms with Gasteiger partial charge >= 0.3 is 0 Å². The maximum absolute atomic E-state index is 13.6. The number of carbonyl (C=O) groups excluding carboxylic acids is 3. The number of hydrogen-bond acceptors (Lipinski definition) is 6. The van der Waals surface area contributed by atoms with Gasteiger partial charge < -0.3 is 9.32 Å². The van der Waals surface area contributed by atoms with Crippen molar-refractivity contribution in [2.45, 2.75) is 19.0 Å². The van der Waals surface area contributed by atoms with Crippen LogP contribution in [-0.2, 0) is 16.1 Å². The quantitative estimate of drug-likeness (QED) is 0.282. The van der Waals surface area contributed by atoms with Crippen molar-refractivity contribution in [1.29, 1.82) is 0 Å². The molecule has 1 saturated heterocycles. The molecule has 0 bridgehead atoms. The summed E-state index contributed by atoms with van der Waals surface area (Å²) < 4.78 is 5.83. The highest BCUT2D eigenvalue weighted by Gasteiger charge is 2.44. The Bertz CT molecular complexity index is 1560. The topological polar surface area (TPSA) is 83.7 Å². The lowest BCUT2D eigenvalue weighted by Crippen LogP contribution is -2.44. The van der Waals surface area contributed by atoms with Crippen LogP contribution in [0.1, 0.15) is 21.7 Å². The standard InChI is InChI=1S/C29H21N3O4S/c33-26-17-23(31(18-19-7-2-1-3-8-19)29(35)25-11-6-16-37-25)28(34)32(26)21-14-12-20(13-15-21)27-30-22-9-4-5-10-24(22)36-27/h1-16,23H,17-18H2. The minimum absolute atomic E-state index is 0.0737. The first kappa shape index (κ1) is 22.9. The average Bonchev–Trinajstić information content (AvgIpc) is 3.67. The second kappa shape index (κ2) is 9.48. The number of oxazole rings is 1. The van der Waals surface area contributed by atoms with E-state index in [0.29, 0.717) is 22.0 Å². The van der Waals surface area contributed by atoms with Gasteiger partial charge in [0.25, 0.3) is 11.8 Å². The van der Waals surface area contributed by atoms with Crippen LogP contribution in [0.25, 0.3) is 22.6 Å². The van der Waals surface area contributed by atoms with Crippen molar-refractivity contribution in [2.75, 3.05) is 4.90 Å². The maximum Gasteiger partial charge on any atom is 0.264 e. The average molecular weight is 508 g/mol. The number of amides is 3. The van der Waals surface area contributed by atoms with Gasteiger partial charge in [0.05, 0.1) is 17.0 Å². The highest BCUT2D eigenvalue weighted by atomic mass is 32.1. The Balaban J connectivity index is 1.28. The molecule has 182 valence electrons. The zero-order chi connectivity index (χ0) is 25.4. The van der Waals surface area contributed by atoms with Gasteiger partial charge in [-0.1, -0.05) is 48.5 Å². The summed E-state index contributed by atoms with van der Waals surface area (Å²) in [5.41, 5.74) is 3.50. The Kier molecular flexibility index (Phi) is 5.86. The number of para-hydroxylation sites is 2. The predicted molar refractivity (Wildman–Crippen MR) is 141 cm³/mol. The molecule has 0 aliphatic carbocycles. The Morgan fingerprint density at radius 1 is 0.946 bits per heavy atom. The summed E-state index contributed by atoms with van der Waals surface area (Å²) >= 11 is 1.31. The Labute approximate surface area is 216 Å². The third-order valence-corrected chi connectivity index (χ3v) is 7.21. The SMILES string of the molecule is O=C1CC(N(Cc2ccccc2)C(=O)c2cccs2)C(=O)N1c1ccc(-c2nc3ccccc3o2)cc1. The molecule has 1 aliphatic heterocycles. The van der Waals surface area contributed by atoms with Gasteiger partial charge in [-0.25, -0.2) is 9.88 Å². The highest BCUT2D eigenvalue weighted by molar-refractivity contribution is 7.12. The zero-order valence-electron chi connectivity index (χ0n) is 19.6. The number of carbonyl (C=O) groups is 3. The van der Waals surface area contributed by atoms with Crippen molar-refractivity contribution >= 4 is 45.8 Å². The van der Waals surface area contributed by atoms with E-state index in [1.165, 1.54) is 21.1 Å². The molecule has 8 heteroatoms. The smallest absolute Gasteiger partial charge is 0.264 e. The summed E-state index contributed by atoms with van der Waals surface area (Å²) in [6, 6.07) is 26.5. The number of anilines is 1. The largest absolute Gasteiger partial charge is 0.436 e. The van der Waals surface area contributed by atoms with E-state index in [-0.39, 0.29) is 24.8 Å².